The van der Waals surface area contributed by atoms with Crippen molar-refractivity contribution >= 4 is 17.5 Å². The minimum atomic E-state index is -0.263. The van der Waals surface area contributed by atoms with Crippen LogP contribution in [0.25, 0.3) is 0 Å². The van der Waals surface area contributed by atoms with E-state index in [-0.39, 0.29) is 11.8 Å². The number of benzene rings is 2. The molecule has 1 aromatic heterocycles. The number of pyridine rings is 1. The van der Waals surface area contributed by atoms with Gasteiger partial charge in [0.2, 0.25) is 0 Å². The molecule has 0 spiro atoms. The zero-order valence-corrected chi connectivity index (χ0v) is 17.0. The Bertz CT molecular complexity index is 1010. The van der Waals surface area contributed by atoms with Crippen molar-refractivity contribution in [2.24, 2.45) is 0 Å². The summed E-state index contributed by atoms with van der Waals surface area (Å²) in [5.74, 6) is -0.425. The summed E-state index contributed by atoms with van der Waals surface area (Å²) in [4.78, 5) is 28.7. The van der Waals surface area contributed by atoms with E-state index in [2.05, 4.69) is 48.5 Å². The fourth-order valence-electron chi connectivity index (χ4n) is 3.45. The average Bonchev–Trinajstić information content (AvgIpc) is 2.70. The number of nitrogens with zero attached hydrogens (tertiary/aromatic N) is 1. The number of carbonyl (C=O) groups is 2. The quantitative estimate of drug-likeness (QED) is 0.665. The van der Waals surface area contributed by atoms with Gasteiger partial charge < -0.3 is 10.6 Å². The van der Waals surface area contributed by atoms with Crippen molar-refractivity contribution in [3.63, 3.8) is 0 Å². The number of aryl methyl sites for hydroxylation is 3. The third-order valence-electron chi connectivity index (χ3n) is 4.81. The number of nitrogens with one attached hydrogen (secondary N) is 2. The number of amides is 2. The molecule has 5 heteroatoms. The smallest absolute Gasteiger partial charge is 0.257 e. The predicted molar refractivity (Wildman–Crippen MR) is 115 cm³/mol. The molecule has 0 atom stereocenters. The lowest BCUT2D eigenvalue weighted by Gasteiger charge is -2.12. The van der Waals surface area contributed by atoms with Crippen molar-refractivity contribution in [3.05, 3.63) is 94.3 Å². The Morgan fingerprint density at radius 1 is 0.897 bits per heavy atom. The van der Waals surface area contributed by atoms with Gasteiger partial charge in [0, 0.05) is 30.2 Å². The summed E-state index contributed by atoms with van der Waals surface area (Å²) < 4.78 is 0. The molecule has 0 saturated heterocycles. The summed E-state index contributed by atoms with van der Waals surface area (Å²) in [6.07, 6.45) is 3.89. The standard InChI is InChI=1S/C24H25N3O2/c1-16-12-17(2)22(18(3)13-16)9-11-26-23(28)19-6-4-8-21(14-19)27-24(29)20-7-5-10-25-15-20/h4-8,10,12-15H,9,11H2,1-3H3,(H,26,28)(H,27,29). The minimum absolute atomic E-state index is 0.162. The van der Waals surface area contributed by atoms with Gasteiger partial charge in [-0.2, -0.15) is 0 Å². The zero-order chi connectivity index (χ0) is 20.8. The molecule has 5 nitrogen and oxygen atoms in total. The van der Waals surface area contributed by atoms with Crippen LogP contribution in [0.3, 0.4) is 0 Å². The second-order valence-electron chi connectivity index (χ2n) is 7.16. The van der Waals surface area contributed by atoms with E-state index in [0.717, 1.165) is 6.42 Å². The van der Waals surface area contributed by atoms with Crippen molar-refractivity contribution in [1.82, 2.24) is 10.3 Å². The Hall–Kier alpha value is -3.47. The van der Waals surface area contributed by atoms with Crippen LogP contribution in [0.2, 0.25) is 0 Å². The van der Waals surface area contributed by atoms with Crippen LogP contribution in [-0.2, 0) is 6.42 Å². The van der Waals surface area contributed by atoms with E-state index in [0.29, 0.717) is 23.4 Å². The van der Waals surface area contributed by atoms with Gasteiger partial charge in [0.1, 0.15) is 0 Å². The molecule has 0 aliphatic heterocycles. The van der Waals surface area contributed by atoms with Crippen molar-refractivity contribution in [1.29, 1.82) is 0 Å². The lowest BCUT2D eigenvalue weighted by molar-refractivity contribution is 0.0952. The molecular weight excluding hydrogens is 362 g/mol. The molecule has 2 aromatic carbocycles. The maximum absolute atomic E-state index is 12.5. The largest absolute Gasteiger partial charge is 0.352 e. The predicted octanol–water partition coefficient (Wildman–Crippen LogP) is 4.23. The Morgan fingerprint density at radius 2 is 1.62 bits per heavy atom. The van der Waals surface area contributed by atoms with Crippen LogP contribution in [0.15, 0.2) is 60.9 Å². The van der Waals surface area contributed by atoms with Gasteiger partial charge in [0.25, 0.3) is 11.8 Å². The van der Waals surface area contributed by atoms with E-state index < -0.39 is 0 Å². The normalized spacial score (nSPS) is 10.4. The zero-order valence-electron chi connectivity index (χ0n) is 17.0. The van der Waals surface area contributed by atoms with E-state index in [1.165, 1.54) is 28.5 Å². The first-order chi connectivity index (χ1) is 13.9. The maximum atomic E-state index is 12.5. The fraction of sp³-hybridized carbons (Fsp3) is 0.208. The molecule has 0 saturated carbocycles. The van der Waals surface area contributed by atoms with Crippen LogP contribution in [0, 0.1) is 20.8 Å². The summed E-state index contributed by atoms with van der Waals surface area (Å²) in [6.45, 7) is 6.85. The van der Waals surface area contributed by atoms with Gasteiger partial charge in [-0.3, -0.25) is 14.6 Å². The molecule has 0 radical (unpaired) electrons. The molecule has 3 rings (SSSR count). The number of carbonyl (C=O) groups excluding carboxylic acids is 2. The highest BCUT2D eigenvalue weighted by Gasteiger charge is 2.10. The van der Waals surface area contributed by atoms with E-state index >= 15 is 0 Å². The number of hydrogen-bond acceptors (Lipinski definition) is 3. The summed E-state index contributed by atoms with van der Waals surface area (Å²) in [5, 5.41) is 5.76. The van der Waals surface area contributed by atoms with Gasteiger partial charge in [-0.25, -0.2) is 0 Å². The highest BCUT2D eigenvalue weighted by atomic mass is 16.2. The lowest BCUT2D eigenvalue weighted by atomic mass is 9.97. The molecule has 0 aliphatic carbocycles. The number of aromatic nitrogens is 1. The van der Waals surface area contributed by atoms with Crippen LogP contribution in [0.1, 0.15) is 43.0 Å². The molecular formula is C24H25N3O2. The Balaban J connectivity index is 1.60. The highest BCUT2D eigenvalue weighted by molar-refractivity contribution is 6.04. The lowest BCUT2D eigenvalue weighted by Crippen LogP contribution is -2.26. The van der Waals surface area contributed by atoms with Crippen molar-refractivity contribution in [2.75, 3.05) is 11.9 Å². The summed E-state index contributed by atoms with van der Waals surface area (Å²) in [6, 6.07) is 14.6. The molecule has 3 aromatic rings. The Kier molecular flexibility index (Phi) is 6.39. The van der Waals surface area contributed by atoms with E-state index in [1.54, 1.807) is 42.6 Å². The minimum Gasteiger partial charge on any atom is -0.352 e. The second-order valence-corrected chi connectivity index (χ2v) is 7.16. The number of rotatable bonds is 6. The first-order valence-corrected chi connectivity index (χ1v) is 9.60. The Labute approximate surface area is 171 Å². The van der Waals surface area contributed by atoms with Gasteiger partial charge in [0.05, 0.1) is 5.56 Å². The average molecular weight is 387 g/mol. The van der Waals surface area contributed by atoms with Gasteiger partial charge in [0.15, 0.2) is 0 Å². The van der Waals surface area contributed by atoms with Gasteiger partial charge in [-0.1, -0.05) is 23.8 Å². The summed E-state index contributed by atoms with van der Waals surface area (Å²) >= 11 is 0. The van der Waals surface area contributed by atoms with Crippen LogP contribution >= 0.6 is 0 Å². The van der Waals surface area contributed by atoms with Crippen molar-refractivity contribution in [2.45, 2.75) is 27.2 Å². The summed E-state index contributed by atoms with van der Waals surface area (Å²) in [7, 11) is 0. The molecule has 0 aliphatic rings. The number of anilines is 1. The summed E-state index contributed by atoms with van der Waals surface area (Å²) in [5.41, 5.74) is 6.55. The van der Waals surface area contributed by atoms with E-state index in [9.17, 15) is 9.59 Å². The fourth-order valence-corrected chi connectivity index (χ4v) is 3.45. The maximum Gasteiger partial charge on any atom is 0.257 e. The monoisotopic (exact) mass is 387 g/mol. The molecule has 0 bridgehead atoms. The van der Waals surface area contributed by atoms with E-state index in [1.807, 2.05) is 0 Å². The SMILES string of the molecule is Cc1cc(C)c(CCNC(=O)c2cccc(NC(=O)c3cccnc3)c2)c(C)c1. The third kappa shape index (κ3) is 5.29. The molecule has 2 N–H and O–H groups in total. The van der Waals surface area contributed by atoms with E-state index in [4.69, 9.17) is 0 Å². The molecule has 1 heterocycles. The highest BCUT2D eigenvalue weighted by Crippen LogP contribution is 2.17. The van der Waals surface area contributed by atoms with Gasteiger partial charge >= 0.3 is 0 Å². The van der Waals surface area contributed by atoms with Crippen LogP contribution in [0.4, 0.5) is 5.69 Å². The third-order valence-corrected chi connectivity index (χ3v) is 4.81. The molecule has 0 fully saturated rings. The van der Waals surface area contributed by atoms with Crippen molar-refractivity contribution in [3.8, 4) is 0 Å². The van der Waals surface area contributed by atoms with Crippen LogP contribution in [-0.4, -0.2) is 23.3 Å². The van der Waals surface area contributed by atoms with Gasteiger partial charge in [-0.05, 0) is 74.2 Å². The van der Waals surface area contributed by atoms with Gasteiger partial charge in [-0.15, -0.1) is 0 Å². The van der Waals surface area contributed by atoms with Crippen molar-refractivity contribution < 1.29 is 9.59 Å². The topological polar surface area (TPSA) is 71.1 Å². The first-order valence-electron chi connectivity index (χ1n) is 9.60. The molecule has 29 heavy (non-hydrogen) atoms. The van der Waals surface area contributed by atoms with Crippen LogP contribution in [0.5, 0.6) is 0 Å². The Morgan fingerprint density at radius 3 is 2.31 bits per heavy atom. The molecule has 148 valence electrons. The van der Waals surface area contributed by atoms with Crippen LogP contribution < -0.4 is 10.6 Å². The molecule has 0 unspecified atom stereocenters. The second kappa shape index (κ2) is 9.15. The number of hydrogen-bond donors (Lipinski definition) is 2. The first kappa shape index (κ1) is 20.3. The molecule has 2 amide bonds.